The Bertz CT molecular complexity index is 3070. The quantitative estimate of drug-likeness (QED) is 0.171. The van der Waals surface area contributed by atoms with E-state index in [2.05, 4.69) is 188 Å². The zero-order chi connectivity index (χ0) is 37.7. The SMILES string of the molecule is C1=CC2C(c3ccccc3)=Cc3oc4ccc(-c5nc(-c6cccc(-c7ccccc7)c6)nc(-c6ccc7cc(-c8ccccc8)ccc7c6)n5)cc4c3C2C=C1. The van der Waals surface area contributed by atoms with Crippen molar-refractivity contribution < 1.29 is 4.42 Å². The number of nitrogens with zero attached hydrogens (tertiary/aromatic N) is 3. The lowest BCUT2D eigenvalue weighted by atomic mass is 9.72. The van der Waals surface area contributed by atoms with Crippen LogP contribution >= 0.6 is 0 Å². The molecule has 0 fully saturated rings. The fourth-order valence-electron chi connectivity index (χ4n) is 8.48. The van der Waals surface area contributed by atoms with Crippen LogP contribution in [0.2, 0.25) is 0 Å². The van der Waals surface area contributed by atoms with Gasteiger partial charge in [-0.3, -0.25) is 0 Å². The molecule has 57 heavy (non-hydrogen) atoms. The van der Waals surface area contributed by atoms with Gasteiger partial charge in [-0.15, -0.1) is 0 Å². The fourth-order valence-corrected chi connectivity index (χ4v) is 8.48. The van der Waals surface area contributed by atoms with Gasteiger partial charge >= 0.3 is 0 Å². The van der Waals surface area contributed by atoms with E-state index in [1.807, 2.05) is 12.1 Å². The molecule has 0 radical (unpaired) electrons. The molecule has 2 atom stereocenters. The molecule has 4 heteroatoms. The first kappa shape index (κ1) is 33.0. The van der Waals surface area contributed by atoms with E-state index in [1.54, 1.807) is 0 Å². The largest absolute Gasteiger partial charge is 0.456 e. The highest BCUT2D eigenvalue weighted by Gasteiger charge is 2.34. The molecule has 2 aromatic heterocycles. The number of fused-ring (bicyclic) bond motifs is 6. The standard InChI is InChI=1S/C53H35N3O/c1-4-13-34(14-5-1)37-19-12-20-41(30-37)51-54-52(42-26-25-39-29-38(23-24-40(39)31-42)35-15-6-2-7-16-35)56-53(55-51)43-27-28-48-47(32-43)50-45-22-11-10-21-44(45)46(33-49(50)57-48)36-17-8-3-9-18-36/h1-33,44-45H. The van der Waals surface area contributed by atoms with Crippen molar-refractivity contribution in [2.24, 2.45) is 5.92 Å². The second kappa shape index (κ2) is 13.7. The molecular formula is C53H35N3O. The molecule has 11 rings (SSSR count). The van der Waals surface area contributed by atoms with Gasteiger partial charge in [0.25, 0.3) is 0 Å². The van der Waals surface area contributed by atoms with Crippen LogP contribution in [0.1, 0.15) is 22.8 Å². The summed E-state index contributed by atoms with van der Waals surface area (Å²) in [4.78, 5) is 15.5. The summed E-state index contributed by atoms with van der Waals surface area (Å²) in [5, 5.41) is 3.37. The van der Waals surface area contributed by atoms with Crippen LogP contribution in [0.15, 0.2) is 199 Å². The van der Waals surface area contributed by atoms with Crippen LogP contribution in [0.4, 0.5) is 0 Å². The molecule has 9 aromatic rings. The van der Waals surface area contributed by atoms with Gasteiger partial charge in [0.15, 0.2) is 17.5 Å². The van der Waals surface area contributed by atoms with Gasteiger partial charge in [-0.05, 0) is 86.6 Å². The second-order valence-corrected chi connectivity index (χ2v) is 14.8. The molecule has 0 aliphatic heterocycles. The van der Waals surface area contributed by atoms with Gasteiger partial charge in [0, 0.05) is 39.5 Å². The lowest BCUT2D eigenvalue weighted by Crippen LogP contribution is -2.17. The maximum atomic E-state index is 6.61. The van der Waals surface area contributed by atoms with E-state index in [4.69, 9.17) is 19.4 Å². The third kappa shape index (κ3) is 5.99. The average molecular weight is 730 g/mol. The summed E-state index contributed by atoms with van der Waals surface area (Å²) in [5.74, 6) is 3.12. The molecule has 0 saturated carbocycles. The molecule has 0 spiro atoms. The molecule has 268 valence electrons. The lowest BCUT2D eigenvalue weighted by molar-refractivity contribution is 0.581. The molecule has 0 saturated heterocycles. The van der Waals surface area contributed by atoms with Crippen molar-refractivity contribution in [1.29, 1.82) is 0 Å². The third-order valence-electron chi connectivity index (χ3n) is 11.3. The summed E-state index contributed by atoms with van der Waals surface area (Å²) in [5.41, 5.74) is 11.9. The van der Waals surface area contributed by atoms with Crippen molar-refractivity contribution in [3.63, 3.8) is 0 Å². The van der Waals surface area contributed by atoms with Crippen LogP contribution in [-0.4, -0.2) is 15.0 Å². The summed E-state index contributed by atoms with van der Waals surface area (Å²) in [7, 11) is 0. The molecule has 0 amide bonds. The zero-order valence-electron chi connectivity index (χ0n) is 31.0. The molecule has 2 heterocycles. The van der Waals surface area contributed by atoms with E-state index >= 15 is 0 Å². The minimum atomic E-state index is 0.145. The van der Waals surface area contributed by atoms with Crippen LogP contribution in [-0.2, 0) is 0 Å². The molecule has 2 aliphatic carbocycles. The van der Waals surface area contributed by atoms with Gasteiger partial charge in [-0.25, -0.2) is 15.0 Å². The summed E-state index contributed by atoms with van der Waals surface area (Å²) in [6.45, 7) is 0. The molecular weight excluding hydrogens is 695 g/mol. The first-order chi connectivity index (χ1) is 28.2. The lowest BCUT2D eigenvalue weighted by Gasteiger charge is -2.30. The number of aromatic nitrogens is 3. The minimum Gasteiger partial charge on any atom is -0.456 e. The molecule has 0 N–H and O–H groups in total. The van der Waals surface area contributed by atoms with E-state index in [-0.39, 0.29) is 11.8 Å². The van der Waals surface area contributed by atoms with Gasteiger partial charge in [-0.1, -0.05) is 158 Å². The maximum absolute atomic E-state index is 6.61. The Hall–Kier alpha value is -7.43. The first-order valence-corrected chi connectivity index (χ1v) is 19.4. The van der Waals surface area contributed by atoms with Crippen LogP contribution in [0.3, 0.4) is 0 Å². The number of hydrogen-bond acceptors (Lipinski definition) is 4. The van der Waals surface area contributed by atoms with Crippen molar-refractivity contribution in [3.8, 4) is 56.4 Å². The Morgan fingerprint density at radius 1 is 0.386 bits per heavy atom. The van der Waals surface area contributed by atoms with Crippen LogP contribution in [0.25, 0.3) is 89.8 Å². The maximum Gasteiger partial charge on any atom is 0.164 e. The highest BCUT2D eigenvalue weighted by atomic mass is 16.3. The van der Waals surface area contributed by atoms with E-state index in [9.17, 15) is 0 Å². The van der Waals surface area contributed by atoms with Crippen molar-refractivity contribution >= 4 is 33.4 Å². The predicted molar refractivity (Wildman–Crippen MR) is 233 cm³/mol. The highest BCUT2D eigenvalue weighted by Crippen LogP contribution is 2.49. The number of allylic oxidation sites excluding steroid dienone is 5. The summed E-state index contributed by atoms with van der Waals surface area (Å²) in [6, 6.07) is 59.4. The third-order valence-corrected chi connectivity index (χ3v) is 11.3. The van der Waals surface area contributed by atoms with E-state index in [1.165, 1.54) is 27.8 Å². The normalized spacial score (nSPS) is 15.7. The van der Waals surface area contributed by atoms with E-state index < -0.39 is 0 Å². The number of furan rings is 1. The molecule has 2 aliphatic rings. The summed E-state index contributed by atoms with van der Waals surface area (Å²) < 4.78 is 6.61. The average Bonchev–Trinajstić information content (AvgIpc) is 3.67. The summed E-state index contributed by atoms with van der Waals surface area (Å²) >= 11 is 0. The number of hydrogen-bond donors (Lipinski definition) is 0. The van der Waals surface area contributed by atoms with Crippen LogP contribution < -0.4 is 0 Å². The van der Waals surface area contributed by atoms with Gasteiger partial charge in [0.1, 0.15) is 11.3 Å². The van der Waals surface area contributed by atoms with Gasteiger partial charge in [0.2, 0.25) is 0 Å². The molecule has 4 nitrogen and oxygen atoms in total. The monoisotopic (exact) mass is 729 g/mol. The Balaban J connectivity index is 1.06. The Morgan fingerprint density at radius 3 is 1.54 bits per heavy atom. The highest BCUT2D eigenvalue weighted by molar-refractivity contribution is 5.96. The Labute approximate surface area is 330 Å². The van der Waals surface area contributed by atoms with Gasteiger partial charge in [0.05, 0.1) is 0 Å². The molecule has 2 unspecified atom stereocenters. The van der Waals surface area contributed by atoms with Crippen molar-refractivity contribution in [1.82, 2.24) is 15.0 Å². The van der Waals surface area contributed by atoms with E-state index in [0.29, 0.717) is 17.5 Å². The molecule has 0 bridgehead atoms. The summed E-state index contributed by atoms with van der Waals surface area (Å²) in [6.07, 6.45) is 11.2. The first-order valence-electron chi connectivity index (χ1n) is 19.4. The van der Waals surface area contributed by atoms with Crippen LogP contribution in [0, 0.1) is 5.92 Å². The second-order valence-electron chi connectivity index (χ2n) is 14.8. The van der Waals surface area contributed by atoms with Gasteiger partial charge in [-0.2, -0.15) is 0 Å². The number of benzene rings is 7. The fraction of sp³-hybridized carbons (Fsp3) is 0.0377. The van der Waals surface area contributed by atoms with Crippen molar-refractivity contribution in [3.05, 3.63) is 211 Å². The molecule has 7 aromatic carbocycles. The Kier molecular flexibility index (Phi) is 7.92. The smallest absolute Gasteiger partial charge is 0.164 e. The Morgan fingerprint density at radius 2 is 0.877 bits per heavy atom. The zero-order valence-corrected chi connectivity index (χ0v) is 31.0. The van der Waals surface area contributed by atoms with Gasteiger partial charge < -0.3 is 4.42 Å². The van der Waals surface area contributed by atoms with E-state index in [0.717, 1.165) is 55.3 Å². The predicted octanol–water partition coefficient (Wildman–Crippen LogP) is 13.5. The van der Waals surface area contributed by atoms with Crippen LogP contribution in [0.5, 0.6) is 0 Å². The van der Waals surface area contributed by atoms with Crippen molar-refractivity contribution in [2.45, 2.75) is 5.92 Å². The number of rotatable bonds is 6. The topological polar surface area (TPSA) is 51.8 Å². The minimum absolute atomic E-state index is 0.145. The van der Waals surface area contributed by atoms with Crippen molar-refractivity contribution in [2.75, 3.05) is 0 Å².